The smallest absolute Gasteiger partial charge is 0.192 e. The van der Waals surface area contributed by atoms with E-state index in [1.807, 2.05) is 38.1 Å². The Labute approximate surface area is 221 Å². The number of rotatable bonds is 7. The molecule has 0 radical (unpaired) electrons. The zero-order chi connectivity index (χ0) is 27.2. The first-order valence-corrected chi connectivity index (χ1v) is 16.5. The van der Waals surface area contributed by atoms with Gasteiger partial charge in [-0.15, -0.1) is 0 Å². The Morgan fingerprint density at radius 3 is 2.14 bits per heavy atom. The summed E-state index contributed by atoms with van der Waals surface area (Å²) in [7, 11) is -2.01. The molecule has 2 atom stereocenters. The summed E-state index contributed by atoms with van der Waals surface area (Å²) in [4.78, 5) is 5.27. The highest BCUT2D eigenvalue weighted by Crippen LogP contribution is 2.49. The summed E-state index contributed by atoms with van der Waals surface area (Å²) < 4.78 is 12.9. The molecule has 0 bridgehead atoms. The van der Waals surface area contributed by atoms with Crippen molar-refractivity contribution in [2.24, 2.45) is 5.41 Å². The fraction of sp³-hybridized carbons (Fsp3) is 0.645. The number of aliphatic hydroxyl groups is 1. The van der Waals surface area contributed by atoms with Crippen molar-refractivity contribution in [3.8, 4) is 5.75 Å². The van der Waals surface area contributed by atoms with Crippen LogP contribution in [-0.4, -0.2) is 24.5 Å². The van der Waals surface area contributed by atoms with Gasteiger partial charge in [0.2, 0.25) is 0 Å². The molecule has 0 saturated heterocycles. The number of fused-ring (bicyclic) bond motifs is 1. The standard InChI is InChI=1S/C31H49NO3Si/c1-19(2)28-27(29(33)22-13-15-23(16-14-22)34-20(3)4)21(5)26-24(32-28)17-31(9,10)18-25(26)35-36(11,12)30(6,7)8/h13-16,19-20,25,29,33H,17-18H2,1-12H3/t25-,29-/m0/s1. The minimum absolute atomic E-state index is 0.00822. The average molecular weight is 512 g/mol. The summed E-state index contributed by atoms with van der Waals surface area (Å²) in [5.74, 6) is 1.02. The third-order valence-corrected chi connectivity index (χ3v) is 12.5. The van der Waals surface area contributed by atoms with Crippen LogP contribution in [0.25, 0.3) is 0 Å². The number of benzene rings is 1. The Hall–Kier alpha value is -1.69. The number of aliphatic hydroxyl groups excluding tert-OH is 1. The lowest BCUT2D eigenvalue weighted by atomic mass is 9.72. The van der Waals surface area contributed by atoms with E-state index in [0.717, 1.165) is 46.7 Å². The Kier molecular flexibility index (Phi) is 8.20. The van der Waals surface area contributed by atoms with Gasteiger partial charge in [0.05, 0.1) is 12.2 Å². The van der Waals surface area contributed by atoms with E-state index < -0.39 is 14.4 Å². The fourth-order valence-corrected chi connectivity index (χ4v) is 6.36. The summed E-state index contributed by atoms with van der Waals surface area (Å²) in [5, 5.41) is 11.8. The van der Waals surface area contributed by atoms with Crippen LogP contribution in [0, 0.1) is 12.3 Å². The van der Waals surface area contributed by atoms with Gasteiger partial charge in [-0.1, -0.05) is 60.6 Å². The summed E-state index contributed by atoms with van der Waals surface area (Å²) >= 11 is 0. The highest BCUT2D eigenvalue weighted by molar-refractivity contribution is 6.74. The molecule has 0 unspecified atom stereocenters. The van der Waals surface area contributed by atoms with E-state index in [1.54, 1.807) is 0 Å². The molecule has 0 amide bonds. The molecular weight excluding hydrogens is 462 g/mol. The Balaban J connectivity index is 2.14. The molecular formula is C31H49NO3Si. The monoisotopic (exact) mass is 511 g/mol. The fourth-order valence-electron chi connectivity index (χ4n) is 5.10. The van der Waals surface area contributed by atoms with E-state index in [2.05, 4.69) is 68.5 Å². The molecule has 4 nitrogen and oxygen atoms in total. The SMILES string of the molecule is Cc1c([C@@H](O)c2ccc(OC(C)C)cc2)c(C(C)C)nc2c1[C@@H](O[Si](C)(C)C(C)(C)C)CC(C)(C)C2. The van der Waals surface area contributed by atoms with E-state index in [4.69, 9.17) is 14.1 Å². The van der Waals surface area contributed by atoms with Gasteiger partial charge in [0, 0.05) is 22.5 Å². The number of aromatic nitrogens is 1. The second kappa shape index (κ2) is 10.2. The number of hydrogen-bond donors (Lipinski definition) is 1. The minimum Gasteiger partial charge on any atom is -0.491 e. The van der Waals surface area contributed by atoms with Crippen LogP contribution in [0.1, 0.15) is 121 Å². The van der Waals surface area contributed by atoms with Crippen LogP contribution in [0.15, 0.2) is 24.3 Å². The van der Waals surface area contributed by atoms with Gasteiger partial charge in [0.25, 0.3) is 0 Å². The van der Waals surface area contributed by atoms with E-state index >= 15 is 0 Å². The predicted molar refractivity (Wildman–Crippen MR) is 152 cm³/mol. The van der Waals surface area contributed by atoms with Gasteiger partial charge < -0.3 is 14.3 Å². The highest BCUT2D eigenvalue weighted by atomic mass is 28.4. The molecule has 0 spiro atoms. The summed E-state index contributed by atoms with van der Waals surface area (Å²) in [6, 6.07) is 7.83. The Morgan fingerprint density at radius 1 is 1.06 bits per heavy atom. The first-order chi connectivity index (χ1) is 16.4. The van der Waals surface area contributed by atoms with Gasteiger partial charge in [-0.05, 0) is 86.3 Å². The molecule has 2 aromatic rings. The van der Waals surface area contributed by atoms with Crippen molar-refractivity contribution in [2.45, 2.75) is 124 Å². The quantitative estimate of drug-likeness (QED) is 0.379. The van der Waals surface area contributed by atoms with Crippen LogP contribution in [0.2, 0.25) is 18.1 Å². The molecule has 1 aromatic carbocycles. The van der Waals surface area contributed by atoms with Crippen LogP contribution >= 0.6 is 0 Å². The van der Waals surface area contributed by atoms with Gasteiger partial charge in [0.15, 0.2) is 8.32 Å². The van der Waals surface area contributed by atoms with Crippen LogP contribution < -0.4 is 4.74 Å². The van der Waals surface area contributed by atoms with Crippen molar-refractivity contribution in [3.63, 3.8) is 0 Å². The summed E-state index contributed by atoms with van der Waals surface area (Å²) in [5.41, 5.74) is 6.38. The van der Waals surface area contributed by atoms with E-state index in [-0.39, 0.29) is 28.6 Å². The number of hydrogen-bond acceptors (Lipinski definition) is 4. The van der Waals surface area contributed by atoms with Crippen LogP contribution in [0.5, 0.6) is 5.75 Å². The average Bonchev–Trinajstić information content (AvgIpc) is 2.70. The molecule has 1 N–H and O–H groups in total. The minimum atomic E-state index is -2.01. The number of nitrogens with zero attached hydrogens (tertiary/aromatic N) is 1. The maximum Gasteiger partial charge on any atom is 0.192 e. The third kappa shape index (κ3) is 6.06. The largest absolute Gasteiger partial charge is 0.491 e. The molecule has 1 aliphatic carbocycles. The van der Waals surface area contributed by atoms with E-state index in [0.29, 0.717) is 0 Å². The maximum atomic E-state index is 11.7. The molecule has 0 fully saturated rings. The van der Waals surface area contributed by atoms with Gasteiger partial charge in [0.1, 0.15) is 11.9 Å². The molecule has 0 aliphatic heterocycles. The van der Waals surface area contributed by atoms with Crippen molar-refractivity contribution in [3.05, 3.63) is 57.9 Å². The zero-order valence-corrected chi connectivity index (χ0v) is 25.7. The molecule has 0 saturated carbocycles. The summed E-state index contributed by atoms with van der Waals surface area (Å²) in [6.07, 6.45) is 1.25. The molecule has 1 heterocycles. The van der Waals surface area contributed by atoms with Crippen molar-refractivity contribution in [2.75, 3.05) is 0 Å². The molecule has 36 heavy (non-hydrogen) atoms. The lowest BCUT2D eigenvalue weighted by Gasteiger charge is -2.45. The van der Waals surface area contributed by atoms with Crippen LogP contribution in [-0.2, 0) is 10.8 Å². The zero-order valence-electron chi connectivity index (χ0n) is 24.7. The van der Waals surface area contributed by atoms with Crippen molar-refractivity contribution in [1.82, 2.24) is 4.98 Å². The molecule has 1 aliphatic rings. The van der Waals surface area contributed by atoms with Crippen molar-refractivity contribution >= 4 is 8.32 Å². The molecule has 200 valence electrons. The van der Waals surface area contributed by atoms with E-state index in [1.165, 1.54) is 5.56 Å². The lowest BCUT2D eigenvalue weighted by Crippen LogP contribution is -2.44. The van der Waals surface area contributed by atoms with Crippen molar-refractivity contribution < 1.29 is 14.3 Å². The van der Waals surface area contributed by atoms with Gasteiger partial charge >= 0.3 is 0 Å². The topological polar surface area (TPSA) is 51.6 Å². The van der Waals surface area contributed by atoms with Gasteiger partial charge in [-0.2, -0.15) is 0 Å². The molecule has 1 aromatic heterocycles. The second-order valence-corrected chi connectivity index (χ2v) is 18.4. The summed E-state index contributed by atoms with van der Waals surface area (Å²) in [6.45, 7) is 26.7. The third-order valence-electron chi connectivity index (χ3n) is 7.99. The van der Waals surface area contributed by atoms with Gasteiger partial charge in [-0.3, -0.25) is 4.98 Å². The Bertz CT molecular complexity index is 1060. The van der Waals surface area contributed by atoms with Crippen LogP contribution in [0.3, 0.4) is 0 Å². The molecule has 5 heteroatoms. The maximum absolute atomic E-state index is 11.7. The highest BCUT2D eigenvalue weighted by Gasteiger charge is 2.44. The lowest BCUT2D eigenvalue weighted by molar-refractivity contribution is 0.105. The second-order valence-electron chi connectivity index (χ2n) is 13.6. The van der Waals surface area contributed by atoms with Crippen LogP contribution in [0.4, 0.5) is 0 Å². The van der Waals surface area contributed by atoms with E-state index in [9.17, 15) is 5.11 Å². The first-order valence-electron chi connectivity index (χ1n) is 13.6. The van der Waals surface area contributed by atoms with Gasteiger partial charge in [-0.25, -0.2) is 0 Å². The Morgan fingerprint density at radius 2 is 1.64 bits per heavy atom. The normalized spacial score (nSPS) is 18.9. The number of pyridine rings is 1. The number of ether oxygens (including phenoxy) is 1. The molecule has 3 rings (SSSR count). The first kappa shape index (κ1) is 28.9. The van der Waals surface area contributed by atoms with Crippen molar-refractivity contribution in [1.29, 1.82) is 0 Å². The predicted octanol–water partition coefficient (Wildman–Crippen LogP) is 8.42.